The number of benzene rings is 1. The number of aromatic hydroxyl groups is 1. The van der Waals surface area contributed by atoms with Crippen LogP contribution >= 0.6 is 15.9 Å². The van der Waals surface area contributed by atoms with Crippen molar-refractivity contribution in [3.8, 4) is 5.75 Å². The molecule has 0 aliphatic carbocycles. The summed E-state index contributed by atoms with van der Waals surface area (Å²) in [6.07, 6.45) is 0. The number of rotatable bonds is 1. The third-order valence-corrected chi connectivity index (χ3v) is 1.94. The van der Waals surface area contributed by atoms with E-state index in [0.717, 1.165) is 0 Å². The number of halogens is 3. The fourth-order valence-electron chi connectivity index (χ4n) is 0.781. The minimum Gasteiger partial charge on any atom is -0.504 e. The van der Waals surface area contributed by atoms with Gasteiger partial charge < -0.3 is 10.2 Å². The largest absolute Gasteiger partial charge is 0.504 e. The maximum absolute atomic E-state index is 12.9. The summed E-state index contributed by atoms with van der Waals surface area (Å²) in [6.45, 7) is 0. The zero-order valence-electron chi connectivity index (χ0n) is 6.01. The van der Waals surface area contributed by atoms with E-state index in [0.29, 0.717) is 6.07 Å². The van der Waals surface area contributed by atoms with Crippen LogP contribution in [0.1, 0.15) is 10.4 Å². The number of carbonyl (C=O) groups is 1. The molecule has 13 heavy (non-hydrogen) atoms. The molecule has 0 heterocycles. The Balaban J connectivity index is 3.56. The second-order valence-corrected chi connectivity index (χ2v) is 3.04. The maximum atomic E-state index is 12.9. The second kappa shape index (κ2) is 3.29. The number of carboxylic acid groups (broad SMARTS) is 1. The topological polar surface area (TPSA) is 57.5 Å². The molecule has 0 saturated heterocycles. The van der Waals surface area contributed by atoms with Gasteiger partial charge in [-0.1, -0.05) is 0 Å². The van der Waals surface area contributed by atoms with Crippen molar-refractivity contribution in [1.82, 2.24) is 0 Å². The third kappa shape index (κ3) is 1.62. The van der Waals surface area contributed by atoms with E-state index in [1.165, 1.54) is 0 Å². The summed E-state index contributed by atoms with van der Waals surface area (Å²) in [4.78, 5) is 10.4. The number of hydrogen-bond donors (Lipinski definition) is 2. The highest BCUT2D eigenvalue weighted by Gasteiger charge is 2.22. The van der Waals surface area contributed by atoms with Crippen LogP contribution in [0.4, 0.5) is 8.78 Å². The minimum absolute atomic E-state index is 0.347. The molecule has 6 heteroatoms. The van der Waals surface area contributed by atoms with Crippen molar-refractivity contribution in [2.45, 2.75) is 0 Å². The fraction of sp³-hybridized carbons (Fsp3) is 0. The average Bonchev–Trinajstić information content (AvgIpc) is 2.01. The predicted molar refractivity (Wildman–Crippen MR) is 42.7 cm³/mol. The average molecular weight is 253 g/mol. The first-order valence-corrected chi connectivity index (χ1v) is 3.84. The summed E-state index contributed by atoms with van der Waals surface area (Å²) in [5, 5.41) is 17.3. The van der Waals surface area contributed by atoms with E-state index < -0.39 is 28.9 Å². The quantitative estimate of drug-likeness (QED) is 0.753. The molecule has 0 bridgehead atoms. The lowest BCUT2D eigenvalue weighted by Gasteiger charge is -2.03. The van der Waals surface area contributed by atoms with Gasteiger partial charge in [-0.2, -0.15) is 0 Å². The molecular formula is C7H3BrF2O3. The number of aromatic carboxylic acids is 1. The molecule has 1 aromatic rings. The molecule has 0 aliphatic heterocycles. The zero-order chi connectivity index (χ0) is 10.2. The Kier molecular flexibility index (Phi) is 2.51. The first-order valence-electron chi connectivity index (χ1n) is 3.05. The molecule has 0 fully saturated rings. The predicted octanol–water partition coefficient (Wildman–Crippen LogP) is 2.13. The van der Waals surface area contributed by atoms with E-state index in [-0.39, 0.29) is 4.47 Å². The molecule has 1 aromatic carbocycles. The first kappa shape index (κ1) is 9.91. The van der Waals surface area contributed by atoms with Crippen LogP contribution in [0.2, 0.25) is 0 Å². The lowest BCUT2D eigenvalue weighted by molar-refractivity contribution is 0.0687. The smallest absolute Gasteiger partial charge is 0.342 e. The van der Waals surface area contributed by atoms with Crippen LogP contribution in [0.3, 0.4) is 0 Å². The van der Waals surface area contributed by atoms with Gasteiger partial charge in [0, 0.05) is 0 Å². The SMILES string of the molecule is O=C(O)c1c(O)c(F)cc(Br)c1F. The van der Waals surface area contributed by atoms with Crippen molar-refractivity contribution < 1.29 is 23.8 Å². The Morgan fingerprint density at radius 2 is 2.00 bits per heavy atom. The van der Waals surface area contributed by atoms with Crippen molar-refractivity contribution in [2.75, 3.05) is 0 Å². The fourth-order valence-corrected chi connectivity index (χ4v) is 1.18. The van der Waals surface area contributed by atoms with Crippen molar-refractivity contribution in [3.63, 3.8) is 0 Å². The normalized spacial score (nSPS) is 10.1. The Hall–Kier alpha value is -1.17. The highest BCUT2D eigenvalue weighted by molar-refractivity contribution is 9.10. The molecule has 0 aromatic heterocycles. The van der Waals surface area contributed by atoms with Gasteiger partial charge in [0.05, 0.1) is 4.47 Å². The summed E-state index contributed by atoms with van der Waals surface area (Å²) in [6, 6.07) is 0.650. The van der Waals surface area contributed by atoms with Crippen LogP contribution in [0.15, 0.2) is 10.5 Å². The summed E-state index contributed by atoms with van der Waals surface area (Å²) < 4.78 is 25.3. The van der Waals surface area contributed by atoms with E-state index in [4.69, 9.17) is 10.2 Å². The molecule has 0 atom stereocenters. The minimum atomic E-state index is -1.73. The standard InChI is InChI=1S/C7H3BrF2O3/c8-2-1-3(9)6(11)4(5(2)10)7(12)13/h1,11H,(H,12,13). The van der Waals surface area contributed by atoms with Gasteiger partial charge in [-0.3, -0.25) is 0 Å². The van der Waals surface area contributed by atoms with E-state index in [2.05, 4.69) is 15.9 Å². The highest BCUT2D eigenvalue weighted by atomic mass is 79.9. The number of carboxylic acids is 1. The van der Waals surface area contributed by atoms with Gasteiger partial charge in [-0.15, -0.1) is 0 Å². The first-order chi connectivity index (χ1) is 5.95. The molecule has 0 aliphatic rings. The van der Waals surface area contributed by atoms with Crippen molar-refractivity contribution in [1.29, 1.82) is 0 Å². The molecule has 0 spiro atoms. The van der Waals surface area contributed by atoms with Crippen LogP contribution in [-0.2, 0) is 0 Å². The van der Waals surface area contributed by atoms with Gasteiger partial charge in [0.15, 0.2) is 17.4 Å². The van der Waals surface area contributed by atoms with E-state index in [1.807, 2.05) is 0 Å². The van der Waals surface area contributed by atoms with Crippen LogP contribution in [-0.4, -0.2) is 16.2 Å². The summed E-state index contributed by atoms with van der Waals surface area (Å²) >= 11 is 2.61. The van der Waals surface area contributed by atoms with Gasteiger partial charge in [0.2, 0.25) is 0 Å². The van der Waals surface area contributed by atoms with Gasteiger partial charge >= 0.3 is 5.97 Å². The van der Waals surface area contributed by atoms with E-state index in [9.17, 15) is 13.6 Å². The van der Waals surface area contributed by atoms with Crippen LogP contribution in [0.25, 0.3) is 0 Å². The lowest BCUT2D eigenvalue weighted by atomic mass is 10.2. The molecule has 1 rings (SSSR count). The van der Waals surface area contributed by atoms with E-state index >= 15 is 0 Å². The Bertz CT molecular complexity index is 352. The Labute approximate surface area is 79.7 Å². The van der Waals surface area contributed by atoms with Crippen molar-refractivity contribution in [2.24, 2.45) is 0 Å². The molecule has 0 unspecified atom stereocenters. The van der Waals surface area contributed by atoms with Crippen molar-refractivity contribution >= 4 is 21.9 Å². The monoisotopic (exact) mass is 252 g/mol. The maximum Gasteiger partial charge on any atom is 0.342 e. The van der Waals surface area contributed by atoms with Gasteiger partial charge in [-0.05, 0) is 22.0 Å². The molecule has 0 radical (unpaired) electrons. The summed E-state index contributed by atoms with van der Waals surface area (Å²) in [5.41, 5.74) is -1.08. The van der Waals surface area contributed by atoms with Gasteiger partial charge in [-0.25, -0.2) is 13.6 Å². The third-order valence-electron chi connectivity index (χ3n) is 1.36. The van der Waals surface area contributed by atoms with Crippen LogP contribution in [0, 0.1) is 11.6 Å². The number of hydrogen-bond acceptors (Lipinski definition) is 2. The van der Waals surface area contributed by atoms with E-state index in [1.54, 1.807) is 0 Å². The second-order valence-electron chi connectivity index (χ2n) is 2.18. The molecule has 3 nitrogen and oxygen atoms in total. The van der Waals surface area contributed by atoms with Crippen LogP contribution in [0.5, 0.6) is 5.75 Å². The number of phenols is 1. The highest BCUT2D eigenvalue weighted by Crippen LogP contribution is 2.29. The lowest BCUT2D eigenvalue weighted by Crippen LogP contribution is -2.03. The summed E-state index contributed by atoms with van der Waals surface area (Å²) in [5.74, 6) is -5.32. The van der Waals surface area contributed by atoms with Gasteiger partial charge in [0.25, 0.3) is 0 Å². The van der Waals surface area contributed by atoms with Crippen molar-refractivity contribution in [3.05, 3.63) is 27.7 Å². The molecule has 2 N–H and O–H groups in total. The molecular weight excluding hydrogens is 250 g/mol. The molecule has 0 amide bonds. The molecule has 70 valence electrons. The Morgan fingerprint density at radius 1 is 1.46 bits per heavy atom. The summed E-state index contributed by atoms with van der Waals surface area (Å²) in [7, 11) is 0. The molecule has 0 saturated carbocycles. The zero-order valence-corrected chi connectivity index (χ0v) is 7.60. The van der Waals surface area contributed by atoms with Gasteiger partial charge in [0.1, 0.15) is 5.56 Å². The van der Waals surface area contributed by atoms with Crippen LogP contribution < -0.4 is 0 Å². The Morgan fingerprint density at radius 3 is 2.46 bits per heavy atom.